The molecule has 0 aliphatic carbocycles. The van der Waals surface area contributed by atoms with Crippen LogP contribution in [-0.4, -0.2) is 15.0 Å². The number of imidazole rings is 1. The molecule has 1 radical (unpaired) electrons. The van der Waals surface area contributed by atoms with Gasteiger partial charge in [-0.2, -0.15) is 4.98 Å². The van der Waals surface area contributed by atoms with Gasteiger partial charge in [0.1, 0.15) is 5.82 Å². The molecule has 12 heavy (non-hydrogen) atoms. The van der Waals surface area contributed by atoms with Crippen molar-refractivity contribution in [3.05, 3.63) is 16.8 Å². The Morgan fingerprint density at radius 2 is 2.33 bits per heavy atom. The van der Waals surface area contributed by atoms with Gasteiger partial charge >= 0.3 is 0 Å². The van der Waals surface area contributed by atoms with Gasteiger partial charge in [0.05, 0.1) is 0 Å². The summed E-state index contributed by atoms with van der Waals surface area (Å²) in [6, 6.07) is 0. The van der Waals surface area contributed by atoms with Gasteiger partial charge in [0.2, 0.25) is 0 Å². The SMILES string of the molecule is Nc1nc(=O)[nH]c2[n-]cnc12.[Y]. The van der Waals surface area contributed by atoms with Crippen molar-refractivity contribution in [3.63, 3.8) is 0 Å². The Morgan fingerprint density at radius 3 is 3.08 bits per heavy atom. The van der Waals surface area contributed by atoms with Crippen molar-refractivity contribution in [2.24, 2.45) is 0 Å². The molecule has 2 heterocycles. The fraction of sp³-hybridized carbons (Fsp3) is 0. The van der Waals surface area contributed by atoms with E-state index in [9.17, 15) is 4.79 Å². The average Bonchev–Trinajstić information content (AvgIpc) is 2.34. The van der Waals surface area contributed by atoms with E-state index in [0.717, 1.165) is 0 Å². The summed E-state index contributed by atoms with van der Waals surface area (Å²) >= 11 is 0. The molecule has 2 rings (SSSR count). The maximum absolute atomic E-state index is 10.7. The minimum absolute atomic E-state index is 0. The fourth-order valence-electron chi connectivity index (χ4n) is 0.837. The molecule has 2 aromatic rings. The van der Waals surface area contributed by atoms with Crippen molar-refractivity contribution in [2.75, 3.05) is 5.73 Å². The zero-order valence-electron chi connectivity index (χ0n) is 5.98. The maximum atomic E-state index is 10.7. The molecule has 0 amide bonds. The number of nitrogen functional groups attached to an aromatic ring is 1. The number of H-pyrrole nitrogens is 1. The number of fused-ring (bicyclic) bond motifs is 1. The van der Waals surface area contributed by atoms with Crippen LogP contribution in [0.4, 0.5) is 5.82 Å². The van der Waals surface area contributed by atoms with E-state index < -0.39 is 5.69 Å². The number of nitrogens with zero attached hydrogens (tertiary/aromatic N) is 3. The smallest absolute Gasteiger partial charge is 0.291 e. The van der Waals surface area contributed by atoms with E-state index in [1.165, 1.54) is 6.33 Å². The molecule has 7 heteroatoms. The van der Waals surface area contributed by atoms with Crippen LogP contribution in [0.5, 0.6) is 0 Å². The minimum Gasteiger partial charge on any atom is -0.383 e. The molecule has 0 fully saturated rings. The zero-order valence-corrected chi connectivity index (χ0v) is 8.82. The van der Waals surface area contributed by atoms with Gasteiger partial charge in [-0.25, -0.2) is 0 Å². The minimum atomic E-state index is -0.504. The van der Waals surface area contributed by atoms with E-state index in [-0.39, 0.29) is 38.5 Å². The summed E-state index contributed by atoms with van der Waals surface area (Å²) in [6.07, 6.45) is 1.32. The van der Waals surface area contributed by atoms with Gasteiger partial charge in [-0.1, -0.05) is 0 Å². The van der Waals surface area contributed by atoms with Gasteiger partial charge in [-0.05, 0) is 6.33 Å². The molecule has 59 valence electrons. The number of aromatic nitrogens is 4. The topological polar surface area (TPSA) is 98.8 Å². The van der Waals surface area contributed by atoms with Crippen LogP contribution in [0.1, 0.15) is 0 Å². The molecule has 0 aromatic carbocycles. The Labute approximate surface area is 91.9 Å². The van der Waals surface area contributed by atoms with Gasteiger partial charge in [-0.3, -0.25) is 4.79 Å². The fourth-order valence-corrected chi connectivity index (χ4v) is 0.837. The summed E-state index contributed by atoms with van der Waals surface area (Å²) in [4.78, 5) is 24.1. The number of rotatable bonds is 0. The van der Waals surface area contributed by atoms with E-state index in [0.29, 0.717) is 11.2 Å². The standard InChI is InChI=1S/C5H5N5O.Y/c6-3-2-4(8-1-7-2)10-5(11)9-3;/h1H,(H4,6,7,8,9,10,11);/p-1. The molecule has 0 aliphatic rings. The van der Waals surface area contributed by atoms with Crippen molar-refractivity contribution in [1.82, 2.24) is 19.9 Å². The molecule has 2 aromatic heterocycles. The average molecular weight is 239 g/mol. The number of nitrogens with two attached hydrogens (primary N) is 1. The predicted octanol–water partition coefficient (Wildman–Crippen LogP) is -1.14. The van der Waals surface area contributed by atoms with E-state index in [1.807, 2.05) is 0 Å². The summed E-state index contributed by atoms with van der Waals surface area (Å²) in [5, 5.41) is 0. The molecule has 3 N–H and O–H groups in total. The molecule has 0 spiro atoms. The molecular formula is C5H4N5OY-. The summed E-state index contributed by atoms with van der Waals surface area (Å²) in [5.41, 5.74) is 5.68. The predicted molar refractivity (Wildman–Crippen MR) is 37.9 cm³/mol. The summed E-state index contributed by atoms with van der Waals surface area (Å²) in [5.74, 6) is 0.112. The Bertz CT molecular complexity index is 446. The van der Waals surface area contributed by atoms with E-state index >= 15 is 0 Å². The molecule has 0 unspecified atom stereocenters. The van der Waals surface area contributed by atoms with E-state index in [2.05, 4.69) is 19.9 Å². The van der Waals surface area contributed by atoms with Crippen LogP contribution < -0.4 is 16.4 Å². The van der Waals surface area contributed by atoms with Gasteiger partial charge in [0.15, 0.2) is 0 Å². The van der Waals surface area contributed by atoms with Crippen molar-refractivity contribution < 1.29 is 32.7 Å². The first-order valence-electron chi connectivity index (χ1n) is 2.90. The first-order valence-corrected chi connectivity index (χ1v) is 2.90. The largest absolute Gasteiger partial charge is 0.383 e. The van der Waals surface area contributed by atoms with Crippen LogP contribution >= 0.6 is 0 Å². The molecular weight excluding hydrogens is 235 g/mol. The number of hydrogen-bond acceptors (Lipinski definition) is 4. The van der Waals surface area contributed by atoms with Crippen molar-refractivity contribution in [2.45, 2.75) is 0 Å². The zero-order chi connectivity index (χ0) is 7.84. The van der Waals surface area contributed by atoms with Gasteiger partial charge in [-0.15, -0.1) is 0 Å². The molecule has 0 aliphatic heterocycles. The quantitative estimate of drug-likeness (QED) is 0.605. The van der Waals surface area contributed by atoms with Crippen LogP contribution in [0, 0.1) is 0 Å². The van der Waals surface area contributed by atoms with Gasteiger partial charge in [0.25, 0.3) is 5.69 Å². The Hall–Kier alpha value is -0.746. The molecule has 0 saturated carbocycles. The summed E-state index contributed by atoms with van der Waals surface area (Å²) < 4.78 is 0. The number of nitrogens with one attached hydrogen (secondary N) is 1. The van der Waals surface area contributed by atoms with Crippen molar-refractivity contribution in [3.8, 4) is 0 Å². The molecule has 0 saturated heterocycles. The Morgan fingerprint density at radius 1 is 1.58 bits per heavy atom. The van der Waals surface area contributed by atoms with Gasteiger partial charge < -0.3 is 20.7 Å². The number of hydrogen-bond donors (Lipinski definition) is 2. The molecule has 0 atom stereocenters. The monoisotopic (exact) mass is 239 g/mol. The summed E-state index contributed by atoms with van der Waals surface area (Å²) in [7, 11) is 0. The second kappa shape index (κ2) is 3.32. The summed E-state index contributed by atoms with van der Waals surface area (Å²) in [6.45, 7) is 0. The number of aromatic amines is 1. The van der Waals surface area contributed by atoms with Crippen molar-refractivity contribution >= 4 is 17.0 Å². The molecule has 6 nitrogen and oxygen atoms in total. The third kappa shape index (κ3) is 1.40. The first kappa shape index (κ1) is 9.34. The van der Waals surface area contributed by atoms with Crippen LogP contribution in [0.25, 0.3) is 11.2 Å². The first-order chi connectivity index (χ1) is 5.27. The number of anilines is 1. The van der Waals surface area contributed by atoms with Crippen molar-refractivity contribution in [1.29, 1.82) is 0 Å². The van der Waals surface area contributed by atoms with Gasteiger partial charge in [0, 0.05) is 43.9 Å². The maximum Gasteiger partial charge on any atom is 0.291 e. The van der Waals surface area contributed by atoms with E-state index in [4.69, 9.17) is 5.73 Å². The normalized spacial score (nSPS) is 9.67. The second-order valence-electron chi connectivity index (χ2n) is 2.00. The van der Waals surface area contributed by atoms with E-state index in [1.54, 1.807) is 0 Å². The third-order valence-electron chi connectivity index (χ3n) is 1.29. The molecule has 0 bridgehead atoms. The third-order valence-corrected chi connectivity index (χ3v) is 1.29. The Kier molecular flexibility index (Phi) is 2.59. The van der Waals surface area contributed by atoms with Crippen LogP contribution in [0.15, 0.2) is 11.1 Å². The second-order valence-corrected chi connectivity index (χ2v) is 2.00. The van der Waals surface area contributed by atoms with Crippen LogP contribution in [0.2, 0.25) is 0 Å². The van der Waals surface area contributed by atoms with Crippen LogP contribution in [-0.2, 0) is 32.7 Å². The Balaban J connectivity index is 0.000000720. The van der Waals surface area contributed by atoms with Crippen LogP contribution in [0.3, 0.4) is 0 Å².